The van der Waals surface area contributed by atoms with Gasteiger partial charge < -0.3 is 4.74 Å². The zero-order chi connectivity index (χ0) is 13.1. The summed E-state index contributed by atoms with van der Waals surface area (Å²) >= 11 is 0. The van der Waals surface area contributed by atoms with E-state index in [2.05, 4.69) is 13.8 Å². The second-order valence-corrected chi connectivity index (χ2v) is 6.15. The first-order chi connectivity index (χ1) is 8.84. The number of rotatable bonds is 12. The molecule has 0 radical (unpaired) electrons. The summed E-state index contributed by atoms with van der Waals surface area (Å²) in [5.74, 6) is 0.799. The van der Waals surface area contributed by atoms with Crippen LogP contribution in [0.5, 0.6) is 0 Å². The van der Waals surface area contributed by atoms with Crippen molar-refractivity contribution in [3.63, 3.8) is 0 Å². The van der Waals surface area contributed by atoms with Crippen molar-refractivity contribution in [2.45, 2.75) is 97.0 Å². The number of hydrogen-bond acceptors (Lipinski definition) is 1. The molecule has 1 heterocycles. The quantitative estimate of drug-likeness (QED) is 0.405. The van der Waals surface area contributed by atoms with E-state index in [0.717, 1.165) is 12.5 Å². The molecule has 0 N–H and O–H groups in total. The largest absolute Gasteiger partial charge is 0.378 e. The fourth-order valence-corrected chi connectivity index (χ4v) is 2.84. The Morgan fingerprint density at radius 3 is 1.83 bits per heavy atom. The van der Waals surface area contributed by atoms with Crippen LogP contribution in [0.1, 0.15) is 90.9 Å². The van der Waals surface area contributed by atoms with E-state index < -0.39 is 0 Å². The molecule has 0 amide bonds. The minimum atomic E-state index is 0.601. The van der Waals surface area contributed by atoms with Gasteiger partial charge in [-0.1, -0.05) is 78.1 Å². The minimum Gasteiger partial charge on any atom is -0.378 e. The topological polar surface area (TPSA) is 9.23 Å². The first kappa shape index (κ1) is 16.0. The molecule has 1 aliphatic rings. The monoisotopic (exact) mass is 254 g/mol. The van der Waals surface area contributed by atoms with E-state index in [-0.39, 0.29) is 0 Å². The zero-order valence-electron chi connectivity index (χ0n) is 12.8. The molecular formula is C17H34O. The van der Waals surface area contributed by atoms with Crippen molar-refractivity contribution in [2.24, 2.45) is 5.92 Å². The molecule has 2 atom stereocenters. The maximum atomic E-state index is 5.53. The van der Waals surface area contributed by atoms with Crippen LogP contribution in [-0.4, -0.2) is 12.7 Å². The van der Waals surface area contributed by atoms with E-state index in [0.29, 0.717) is 6.10 Å². The zero-order valence-corrected chi connectivity index (χ0v) is 12.8. The van der Waals surface area contributed by atoms with Crippen LogP contribution in [0.15, 0.2) is 0 Å². The Bertz CT molecular complexity index is 174. The summed E-state index contributed by atoms with van der Waals surface area (Å²) in [5, 5.41) is 0. The van der Waals surface area contributed by atoms with Gasteiger partial charge in [-0.25, -0.2) is 0 Å². The van der Waals surface area contributed by atoms with E-state index >= 15 is 0 Å². The molecule has 0 aromatic rings. The maximum Gasteiger partial charge on any atom is 0.0622 e. The fourth-order valence-electron chi connectivity index (χ4n) is 2.84. The van der Waals surface area contributed by atoms with E-state index in [9.17, 15) is 0 Å². The SMILES string of the molecule is CCCCCCCCCCCCC(C)C1CCO1. The van der Waals surface area contributed by atoms with Crippen LogP contribution in [0.25, 0.3) is 0 Å². The van der Waals surface area contributed by atoms with E-state index in [1.165, 1.54) is 77.0 Å². The minimum absolute atomic E-state index is 0.601. The smallest absolute Gasteiger partial charge is 0.0622 e. The van der Waals surface area contributed by atoms with Crippen molar-refractivity contribution in [2.75, 3.05) is 6.61 Å². The molecule has 1 fully saturated rings. The highest BCUT2D eigenvalue weighted by Gasteiger charge is 2.23. The van der Waals surface area contributed by atoms with Gasteiger partial charge in [0, 0.05) is 6.61 Å². The molecule has 1 aliphatic heterocycles. The van der Waals surface area contributed by atoms with Gasteiger partial charge in [-0.05, 0) is 18.8 Å². The summed E-state index contributed by atoms with van der Waals surface area (Å²) in [6.45, 7) is 5.65. The van der Waals surface area contributed by atoms with Gasteiger partial charge in [-0.3, -0.25) is 0 Å². The highest BCUT2D eigenvalue weighted by atomic mass is 16.5. The molecule has 0 aliphatic carbocycles. The van der Waals surface area contributed by atoms with Crippen LogP contribution >= 0.6 is 0 Å². The maximum absolute atomic E-state index is 5.53. The van der Waals surface area contributed by atoms with Gasteiger partial charge in [0.05, 0.1) is 6.10 Å². The Balaban J connectivity index is 1.73. The summed E-state index contributed by atoms with van der Waals surface area (Å²) in [7, 11) is 0. The number of ether oxygens (including phenoxy) is 1. The predicted molar refractivity (Wildman–Crippen MR) is 80.0 cm³/mol. The highest BCUT2D eigenvalue weighted by molar-refractivity contribution is 4.72. The van der Waals surface area contributed by atoms with Gasteiger partial charge in [-0.2, -0.15) is 0 Å². The van der Waals surface area contributed by atoms with Crippen LogP contribution in [0.4, 0.5) is 0 Å². The van der Waals surface area contributed by atoms with Crippen molar-refractivity contribution in [1.82, 2.24) is 0 Å². The molecule has 0 aromatic heterocycles. The van der Waals surface area contributed by atoms with Crippen LogP contribution < -0.4 is 0 Å². The van der Waals surface area contributed by atoms with Crippen LogP contribution in [0.2, 0.25) is 0 Å². The predicted octanol–water partition coefficient (Wildman–Crippen LogP) is 5.72. The first-order valence-electron chi connectivity index (χ1n) is 8.46. The molecule has 1 rings (SSSR count). The average molecular weight is 254 g/mol. The Hall–Kier alpha value is -0.0400. The van der Waals surface area contributed by atoms with Gasteiger partial charge in [0.1, 0.15) is 0 Å². The van der Waals surface area contributed by atoms with Crippen molar-refractivity contribution >= 4 is 0 Å². The third kappa shape index (κ3) is 7.41. The molecular weight excluding hydrogens is 220 g/mol. The lowest BCUT2D eigenvalue weighted by Crippen LogP contribution is -2.32. The van der Waals surface area contributed by atoms with Gasteiger partial charge in [0.15, 0.2) is 0 Å². The third-order valence-electron chi connectivity index (χ3n) is 4.38. The van der Waals surface area contributed by atoms with Crippen LogP contribution in [0, 0.1) is 5.92 Å². The highest BCUT2D eigenvalue weighted by Crippen LogP contribution is 2.24. The Morgan fingerprint density at radius 2 is 1.39 bits per heavy atom. The Kier molecular flexibility index (Phi) is 9.65. The summed E-state index contributed by atoms with van der Waals surface area (Å²) in [6, 6.07) is 0. The summed E-state index contributed by atoms with van der Waals surface area (Å²) in [6.07, 6.45) is 17.7. The van der Waals surface area contributed by atoms with Crippen molar-refractivity contribution in [3.05, 3.63) is 0 Å². The van der Waals surface area contributed by atoms with Crippen molar-refractivity contribution in [1.29, 1.82) is 0 Å². The molecule has 0 spiro atoms. The summed E-state index contributed by atoms with van der Waals surface area (Å²) in [4.78, 5) is 0. The molecule has 2 unspecified atom stereocenters. The molecule has 1 saturated heterocycles. The summed E-state index contributed by atoms with van der Waals surface area (Å²) in [5.41, 5.74) is 0. The molecule has 0 aromatic carbocycles. The van der Waals surface area contributed by atoms with E-state index in [1.807, 2.05) is 0 Å². The molecule has 1 heteroatoms. The second-order valence-electron chi connectivity index (χ2n) is 6.15. The normalized spacial score (nSPS) is 20.7. The second kappa shape index (κ2) is 10.8. The van der Waals surface area contributed by atoms with Gasteiger partial charge in [0.2, 0.25) is 0 Å². The average Bonchev–Trinajstić information content (AvgIpc) is 2.29. The third-order valence-corrected chi connectivity index (χ3v) is 4.38. The molecule has 108 valence electrons. The van der Waals surface area contributed by atoms with Crippen LogP contribution in [-0.2, 0) is 4.74 Å². The van der Waals surface area contributed by atoms with E-state index in [4.69, 9.17) is 4.74 Å². The van der Waals surface area contributed by atoms with Gasteiger partial charge in [-0.15, -0.1) is 0 Å². The lowest BCUT2D eigenvalue weighted by molar-refractivity contribution is -0.0824. The Labute approximate surface area is 115 Å². The van der Waals surface area contributed by atoms with Crippen LogP contribution in [0.3, 0.4) is 0 Å². The van der Waals surface area contributed by atoms with Gasteiger partial charge in [0.25, 0.3) is 0 Å². The van der Waals surface area contributed by atoms with Crippen molar-refractivity contribution in [3.8, 4) is 0 Å². The molecule has 18 heavy (non-hydrogen) atoms. The van der Waals surface area contributed by atoms with Gasteiger partial charge >= 0.3 is 0 Å². The Morgan fingerprint density at radius 1 is 0.889 bits per heavy atom. The molecule has 0 saturated carbocycles. The number of unbranched alkanes of at least 4 members (excludes halogenated alkanes) is 9. The van der Waals surface area contributed by atoms with E-state index in [1.54, 1.807) is 0 Å². The first-order valence-corrected chi connectivity index (χ1v) is 8.46. The number of hydrogen-bond donors (Lipinski definition) is 0. The van der Waals surface area contributed by atoms with Crippen molar-refractivity contribution < 1.29 is 4.74 Å². The standard InChI is InChI=1S/C17H34O/c1-3-4-5-6-7-8-9-10-11-12-13-16(2)17-14-15-18-17/h16-17H,3-15H2,1-2H3. The fraction of sp³-hybridized carbons (Fsp3) is 1.00. The molecule has 0 bridgehead atoms. The lowest BCUT2D eigenvalue weighted by atomic mass is 9.92. The molecule has 1 nitrogen and oxygen atoms in total. The summed E-state index contributed by atoms with van der Waals surface area (Å²) < 4.78 is 5.53. The lowest BCUT2D eigenvalue weighted by Gasteiger charge is -2.32.